The molecule has 0 saturated carbocycles. The van der Waals surface area contributed by atoms with Crippen molar-refractivity contribution in [1.82, 2.24) is 4.90 Å². The van der Waals surface area contributed by atoms with Crippen LogP contribution in [0.4, 0.5) is 11.4 Å². The third-order valence-corrected chi connectivity index (χ3v) is 6.12. The van der Waals surface area contributed by atoms with Gasteiger partial charge in [-0.2, -0.15) is 0 Å². The number of piperazine rings is 1. The third kappa shape index (κ3) is 4.90. The van der Waals surface area contributed by atoms with Gasteiger partial charge in [-0.05, 0) is 48.9 Å². The van der Waals surface area contributed by atoms with Crippen molar-refractivity contribution >= 4 is 22.7 Å². The zero-order valence-electron chi connectivity index (χ0n) is 15.9. The minimum absolute atomic E-state index is 0.899. The van der Waals surface area contributed by atoms with Crippen LogP contribution in [0.5, 0.6) is 0 Å². The van der Waals surface area contributed by atoms with Crippen LogP contribution in [-0.4, -0.2) is 31.1 Å². The summed E-state index contributed by atoms with van der Waals surface area (Å²) in [5, 5.41) is 3.52. The molecule has 0 amide bonds. The normalized spacial score (nSPS) is 15.1. The van der Waals surface area contributed by atoms with Crippen LogP contribution >= 0.6 is 11.3 Å². The molecule has 0 bridgehead atoms. The van der Waals surface area contributed by atoms with E-state index in [2.05, 4.69) is 88.8 Å². The minimum Gasteiger partial charge on any atom is -0.380 e. The molecule has 2 heterocycles. The fraction of sp³-hybridized carbons (Fsp3) is 0.304. The predicted octanol–water partition coefficient (Wildman–Crippen LogP) is 4.99. The van der Waals surface area contributed by atoms with Crippen molar-refractivity contribution in [2.24, 2.45) is 0 Å². The third-order valence-electron chi connectivity index (χ3n) is 5.12. The standard InChI is InChI=1S/C23H27N3S/c1-19-7-12-23(27-19)17-24-21-8-10-22(11-9-21)26-15-13-25(14-16-26)18-20-5-3-2-4-6-20/h2-12,24H,13-18H2,1H3. The SMILES string of the molecule is Cc1ccc(CNc2ccc(N3CCN(Cc4ccccc4)CC3)cc2)s1. The Balaban J connectivity index is 1.27. The Kier molecular flexibility index (Phi) is 5.75. The summed E-state index contributed by atoms with van der Waals surface area (Å²) >= 11 is 1.86. The monoisotopic (exact) mass is 377 g/mol. The van der Waals surface area contributed by atoms with Gasteiger partial charge < -0.3 is 10.2 Å². The van der Waals surface area contributed by atoms with Crippen molar-refractivity contribution < 1.29 is 0 Å². The molecule has 1 aromatic heterocycles. The molecule has 4 heteroatoms. The Morgan fingerprint density at radius 3 is 2.26 bits per heavy atom. The van der Waals surface area contributed by atoms with E-state index in [9.17, 15) is 0 Å². The maximum atomic E-state index is 3.52. The second kappa shape index (κ2) is 8.59. The van der Waals surface area contributed by atoms with Gasteiger partial charge in [-0.1, -0.05) is 30.3 Å². The number of hydrogen-bond donors (Lipinski definition) is 1. The highest BCUT2D eigenvalue weighted by molar-refractivity contribution is 7.11. The molecule has 1 aliphatic heterocycles. The first-order valence-corrected chi connectivity index (χ1v) is 10.5. The van der Waals surface area contributed by atoms with Crippen LogP contribution in [0.15, 0.2) is 66.7 Å². The molecule has 0 atom stereocenters. The number of rotatable bonds is 6. The second-order valence-corrected chi connectivity index (χ2v) is 8.53. The molecule has 0 aliphatic carbocycles. The van der Waals surface area contributed by atoms with Gasteiger partial charge in [0.15, 0.2) is 0 Å². The van der Waals surface area contributed by atoms with Crippen LogP contribution in [0.1, 0.15) is 15.3 Å². The summed E-state index contributed by atoms with van der Waals surface area (Å²) in [5.74, 6) is 0. The Bertz CT molecular complexity index is 834. The smallest absolute Gasteiger partial charge is 0.0494 e. The second-order valence-electron chi connectivity index (χ2n) is 7.16. The summed E-state index contributed by atoms with van der Waals surface area (Å²) in [6.07, 6.45) is 0. The lowest BCUT2D eigenvalue weighted by Gasteiger charge is -2.36. The zero-order valence-corrected chi connectivity index (χ0v) is 16.7. The summed E-state index contributed by atoms with van der Waals surface area (Å²) in [5.41, 5.74) is 3.92. The quantitative estimate of drug-likeness (QED) is 0.653. The van der Waals surface area contributed by atoms with E-state index in [0.717, 1.165) is 39.3 Å². The number of hydrogen-bond acceptors (Lipinski definition) is 4. The van der Waals surface area contributed by atoms with Gasteiger partial charge in [0.1, 0.15) is 0 Å². The van der Waals surface area contributed by atoms with Crippen LogP contribution in [0, 0.1) is 6.92 Å². The van der Waals surface area contributed by atoms with Crippen LogP contribution in [-0.2, 0) is 13.1 Å². The highest BCUT2D eigenvalue weighted by Crippen LogP contribution is 2.22. The number of aryl methyl sites for hydroxylation is 1. The van der Waals surface area contributed by atoms with E-state index in [1.165, 1.54) is 26.7 Å². The van der Waals surface area contributed by atoms with Gasteiger partial charge in [0.25, 0.3) is 0 Å². The number of thiophene rings is 1. The zero-order chi connectivity index (χ0) is 18.5. The van der Waals surface area contributed by atoms with Crippen LogP contribution in [0.25, 0.3) is 0 Å². The lowest BCUT2D eigenvalue weighted by atomic mass is 10.2. The van der Waals surface area contributed by atoms with E-state index < -0.39 is 0 Å². The van der Waals surface area contributed by atoms with Crippen molar-refractivity contribution in [3.63, 3.8) is 0 Å². The van der Waals surface area contributed by atoms with Gasteiger partial charge in [0, 0.05) is 60.4 Å². The first kappa shape index (κ1) is 18.1. The van der Waals surface area contributed by atoms with E-state index in [4.69, 9.17) is 0 Å². The minimum atomic E-state index is 0.899. The average molecular weight is 378 g/mol. The Morgan fingerprint density at radius 2 is 1.59 bits per heavy atom. The van der Waals surface area contributed by atoms with Crippen molar-refractivity contribution in [3.8, 4) is 0 Å². The van der Waals surface area contributed by atoms with Crippen molar-refractivity contribution in [2.75, 3.05) is 36.4 Å². The number of anilines is 2. The highest BCUT2D eigenvalue weighted by Gasteiger charge is 2.17. The maximum Gasteiger partial charge on any atom is 0.0494 e. The molecule has 4 rings (SSSR count). The molecule has 140 valence electrons. The molecule has 0 radical (unpaired) electrons. The Hall–Kier alpha value is -2.30. The molecule has 27 heavy (non-hydrogen) atoms. The molecule has 1 N–H and O–H groups in total. The van der Waals surface area contributed by atoms with Gasteiger partial charge in [-0.25, -0.2) is 0 Å². The summed E-state index contributed by atoms with van der Waals surface area (Å²) in [7, 11) is 0. The Morgan fingerprint density at radius 1 is 0.852 bits per heavy atom. The average Bonchev–Trinajstić information content (AvgIpc) is 3.13. The summed E-state index contributed by atoms with van der Waals surface area (Å²) < 4.78 is 0. The number of nitrogens with one attached hydrogen (secondary N) is 1. The van der Waals surface area contributed by atoms with E-state index in [1.54, 1.807) is 0 Å². The summed E-state index contributed by atoms with van der Waals surface area (Å²) in [6, 6.07) is 24.1. The molecule has 2 aromatic carbocycles. The molecule has 1 saturated heterocycles. The van der Waals surface area contributed by atoms with Gasteiger partial charge >= 0.3 is 0 Å². The molecule has 1 fully saturated rings. The van der Waals surface area contributed by atoms with E-state index in [-0.39, 0.29) is 0 Å². The topological polar surface area (TPSA) is 18.5 Å². The molecule has 0 spiro atoms. The first-order chi connectivity index (χ1) is 13.3. The number of nitrogens with zero attached hydrogens (tertiary/aromatic N) is 2. The van der Waals surface area contributed by atoms with Crippen LogP contribution in [0.3, 0.4) is 0 Å². The fourth-order valence-corrected chi connectivity index (χ4v) is 4.40. The van der Waals surface area contributed by atoms with E-state index >= 15 is 0 Å². The number of benzene rings is 2. The van der Waals surface area contributed by atoms with E-state index in [1.807, 2.05) is 11.3 Å². The van der Waals surface area contributed by atoms with E-state index in [0.29, 0.717) is 0 Å². The first-order valence-electron chi connectivity index (χ1n) is 9.67. The summed E-state index contributed by atoms with van der Waals surface area (Å²) in [6.45, 7) is 8.53. The van der Waals surface area contributed by atoms with Crippen molar-refractivity contribution in [3.05, 3.63) is 82.0 Å². The molecule has 3 nitrogen and oxygen atoms in total. The lowest BCUT2D eigenvalue weighted by molar-refractivity contribution is 0.250. The largest absolute Gasteiger partial charge is 0.380 e. The molecule has 1 aliphatic rings. The van der Waals surface area contributed by atoms with Gasteiger partial charge in [-0.3, -0.25) is 4.90 Å². The Labute approximate surface area is 166 Å². The van der Waals surface area contributed by atoms with Crippen molar-refractivity contribution in [1.29, 1.82) is 0 Å². The summed E-state index contributed by atoms with van der Waals surface area (Å²) in [4.78, 5) is 7.79. The maximum absolute atomic E-state index is 3.52. The van der Waals surface area contributed by atoms with Gasteiger partial charge in [0.2, 0.25) is 0 Å². The van der Waals surface area contributed by atoms with Crippen LogP contribution < -0.4 is 10.2 Å². The highest BCUT2D eigenvalue weighted by atomic mass is 32.1. The van der Waals surface area contributed by atoms with Crippen molar-refractivity contribution in [2.45, 2.75) is 20.0 Å². The van der Waals surface area contributed by atoms with Gasteiger partial charge in [0.05, 0.1) is 0 Å². The van der Waals surface area contributed by atoms with Gasteiger partial charge in [-0.15, -0.1) is 11.3 Å². The van der Waals surface area contributed by atoms with Crippen LogP contribution in [0.2, 0.25) is 0 Å². The molecular formula is C23H27N3S. The lowest BCUT2D eigenvalue weighted by Crippen LogP contribution is -2.45. The molecule has 3 aromatic rings. The predicted molar refractivity (Wildman–Crippen MR) is 117 cm³/mol. The molecule has 0 unspecified atom stereocenters. The molecular weight excluding hydrogens is 350 g/mol. The fourth-order valence-electron chi connectivity index (χ4n) is 3.57.